The van der Waals surface area contributed by atoms with E-state index in [1.165, 1.54) is 5.57 Å². The van der Waals surface area contributed by atoms with Gasteiger partial charge in [-0.25, -0.2) is 0 Å². The molecular formula is C21H21NO3. The van der Waals surface area contributed by atoms with Crippen LogP contribution in [0.4, 0.5) is 5.69 Å². The number of benzene rings is 2. The van der Waals surface area contributed by atoms with Crippen molar-refractivity contribution >= 4 is 29.2 Å². The summed E-state index contributed by atoms with van der Waals surface area (Å²) in [4.78, 5) is 25.3. The standard InChI is InChI=1S/C21H21NO3/c1-2-15-13-16-7-4-6-10-19(16)22(20(23)11-12-21(24)25)14-17-8-3-5-9-18(15)17/h3-10,13H,2,11-12,14H2,1H3,(H,24,25)/b15-13-. The summed E-state index contributed by atoms with van der Waals surface area (Å²) in [6.45, 7) is 2.57. The van der Waals surface area contributed by atoms with Gasteiger partial charge >= 0.3 is 5.97 Å². The molecule has 1 N–H and O–H groups in total. The van der Waals surface area contributed by atoms with Crippen LogP contribution < -0.4 is 4.90 Å². The zero-order valence-corrected chi connectivity index (χ0v) is 14.2. The maximum absolute atomic E-state index is 12.7. The number of carboxylic acids is 1. The highest BCUT2D eigenvalue weighted by atomic mass is 16.4. The van der Waals surface area contributed by atoms with Crippen molar-refractivity contribution in [1.29, 1.82) is 0 Å². The van der Waals surface area contributed by atoms with Crippen molar-refractivity contribution < 1.29 is 14.7 Å². The summed E-state index contributed by atoms with van der Waals surface area (Å²) in [5.74, 6) is -1.12. The maximum atomic E-state index is 12.7. The number of rotatable bonds is 4. The molecule has 0 saturated heterocycles. The van der Waals surface area contributed by atoms with E-state index in [1.807, 2.05) is 42.5 Å². The average Bonchev–Trinajstić information content (AvgIpc) is 2.61. The number of amides is 1. The van der Waals surface area contributed by atoms with Gasteiger partial charge < -0.3 is 10.0 Å². The fraction of sp³-hybridized carbons (Fsp3) is 0.238. The molecule has 0 unspecified atom stereocenters. The molecule has 0 radical (unpaired) electrons. The van der Waals surface area contributed by atoms with Gasteiger partial charge in [0.2, 0.25) is 5.91 Å². The normalized spacial score (nSPS) is 15.2. The third kappa shape index (κ3) is 3.63. The number of fused-ring (bicyclic) bond motifs is 2. The highest BCUT2D eigenvalue weighted by Crippen LogP contribution is 2.34. The van der Waals surface area contributed by atoms with E-state index < -0.39 is 5.97 Å². The van der Waals surface area contributed by atoms with Crippen molar-refractivity contribution in [2.24, 2.45) is 0 Å². The topological polar surface area (TPSA) is 57.6 Å². The number of aliphatic carboxylic acids is 1. The van der Waals surface area contributed by atoms with E-state index in [1.54, 1.807) is 4.90 Å². The number of hydrogen-bond donors (Lipinski definition) is 1. The largest absolute Gasteiger partial charge is 0.481 e. The Kier molecular flexibility index (Phi) is 4.98. The molecule has 1 amide bonds. The summed E-state index contributed by atoms with van der Waals surface area (Å²) >= 11 is 0. The Hall–Kier alpha value is -2.88. The highest BCUT2D eigenvalue weighted by Gasteiger charge is 2.22. The molecule has 2 aromatic rings. The molecule has 0 spiro atoms. The number of anilines is 1. The van der Waals surface area contributed by atoms with E-state index in [9.17, 15) is 9.59 Å². The van der Waals surface area contributed by atoms with Gasteiger partial charge in [-0.2, -0.15) is 0 Å². The number of carbonyl (C=O) groups is 2. The first-order valence-electron chi connectivity index (χ1n) is 8.50. The van der Waals surface area contributed by atoms with E-state index in [-0.39, 0.29) is 18.7 Å². The van der Waals surface area contributed by atoms with Gasteiger partial charge in [-0.05, 0) is 40.8 Å². The zero-order chi connectivity index (χ0) is 17.8. The molecule has 2 aromatic carbocycles. The van der Waals surface area contributed by atoms with Crippen LogP contribution >= 0.6 is 0 Å². The molecule has 0 saturated carbocycles. The lowest BCUT2D eigenvalue weighted by Gasteiger charge is -2.28. The van der Waals surface area contributed by atoms with Crippen LogP contribution in [-0.2, 0) is 16.1 Å². The van der Waals surface area contributed by atoms with Gasteiger partial charge in [0.15, 0.2) is 0 Å². The molecule has 0 aromatic heterocycles. The van der Waals surface area contributed by atoms with Gasteiger partial charge in [-0.3, -0.25) is 9.59 Å². The summed E-state index contributed by atoms with van der Waals surface area (Å²) in [6, 6.07) is 15.9. The van der Waals surface area contributed by atoms with Gasteiger partial charge in [0, 0.05) is 6.42 Å². The molecule has 4 nitrogen and oxygen atoms in total. The number of carboxylic acid groups (broad SMARTS) is 1. The quantitative estimate of drug-likeness (QED) is 0.904. The number of para-hydroxylation sites is 1. The molecule has 1 aliphatic heterocycles. The summed E-state index contributed by atoms with van der Waals surface area (Å²) in [7, 11) is 0. The van der Waals surface area contributed by atoms with Gasteiger partial charge in [-0.15, -0.1) is 0 Å². The van der Waals surface area contributed by atoms with E-state index in [0.717, 1.165) is 28.8 Å². The van der Waals surface area contributed by atoms with Crippen LogP contribution in [0.2, 0.25) is 0 Å². The monoisotopic (exact) mass is 335 g/mol. The van der Waals surface area contributed by atoms with Crippen molar-refractivity contribution in [2.45, 2.75) is 32.7 Å². The zero-order valence-electron chi connectivity index (χ0n) is 14.2. The van der Waals surface area contributed by atoms with Crippen molar-refractivity contribution in [2.75, 3.05) is 4.90 Å². The Morgan fingerprint density at radius 1 is 1.04 bits per heavy atom. The van der Waals surface area contributed by atoms with Crippen LogP contribution in [0.5, 0.6) is 0 Å². The number of nitrogens with zero attached hydrogens (tertiary/aromatic N) is 1. The van der Waals surface area contributed by atoms with Crippen LogP contribution in [0.3, 0.4) is 0 Å². The van der Waals surface area contributed by atoms with Gasteiger partial charge in [-0.1, -0.05) is 49.4 Å². The second-order valence-electron chi connectivity index (χ2n) is 6.11. The van der Waals surface area contributed by atoms with Crippen LogP contribution in [0.25, 0.3) is 11.6 Å². The highest BCUT2D eigenvalue weighted by molar-refractivity contribution is 5.99. The fourth-order valence-electron chi connectivity index (χ4n) is 3.21. The number of carbonyl (C=O) groups excluding carboxylic acids is 1. The molecule has 0 aliphatic carbocycles. The third-order valence-corrected chi connectivity index (χ3v) is 4.48. The lowest BCUT2D eigenvalue weighted by atomic mass is 9.93. The molecule has 0 atom stereocenters. The van der Waals surface area contributed by atoms with Crippen molar-refractivity contribution in [3.8, 4) is 0 Å². The molecule has 0 bridgehead atoms. The second-order valence-corrected chi connectivity index (χ2v) is 6.11. The minimum Gasteiger partial charge on any atom is -0.481 e. The Labute approximate surface area is 147 Å². The molecular weight excluding hydrogens is 314 g/mol. The molecule has 4 heteroatoms. The maximum Gasteiger partial charge on any atom is 0.303 e. The minimum absolute atomic E-state index is 0.00379. The van der Waals surface area contributed by atoms with Crippen molar-refractivity contribution in [1.82, 2.24) is 0 Å². The Morgan fingerprint density at radius 2 is 1.76 bits per heavy atom. The van der Waals surface area contributed by atoms with Crippen LogP contribution in [0.15, 0.2) is 48.5 Å². The van der Waals surface area contributed by atoms with Gasteiger partial charge in [0.1, 0.15) is 0 Å². The summed E-state index contributed by atoms with van der Waals surface area (Å²) in [6.07, 6.45) is 2.87. The first kappa shape index (κ1) is 17.0. The van der Waals surface area contributed by atoms with E-state index in [0.29, 0.717) is 6.54 Å². The third-order valence-electron chi connectivity index (χ3n) is 4.48. The van der Waals surface area contributed by atoms with Gasteiger partial charge in [0.25, 0.3) is 0 Å². The van der Waals surface area contributed by atoms with Crippen molar-refractivity contribution in [3.05, 3.63) is 65.2 Å². The summed E-state index contributed by atoms with van der Waals surface area (Å²) in [5.41, 5.74) is 5.28. The molecule has 3 rings (SSSR count). The lowest BCUT2D eigenvalue weighted by Crippen LogP contribution is -2.32. The van der Waals surface area contributed by atoms with E-state index in [4.69, 9.17) is 5.11 Å². The van der Waals surface area contributed by atoms with E-state index >= 15 is 0 Å². The summed E-state index contributed by atoms with van der Waals surface area (Å²) in [5, 5.41) is 8.90. The minimum atomic E-state index is -0.956. The predicted octanol–water partition coefficient (Wildman–Crippen LogP) is 4.35. The molecule has 25 heavy (non-hydrogen) atoms. The number of allylic oxidation sites excluding steroid dienone is 1. The fourth-order valence-corrected chi connectivity index (χ4v) is 3.21. The number of hydrogen-bond acceptors (Lipinski definition) is 2. The Bertz CT molecular complexity index is 839. The molecule has 1 aliphatic rings. The van der Waals surface area contributed by atoms with Crippen LogP contribution in [0, 0.1) is 0 Å². The average molecular weight is 335 g/mol. The Balaban J connectivity index is 2.10. The van der Waals surface area contributed by atoms with Crippen LogP contribution in [-0.4, -0.2) is 17.0 Å². The lowest BCUT2D eigenvalue weighted by molar-refractivity contribution is -0.138. The molecule has 0 fully saturated rings. The SMILES string of the molecule is CC/C1=C/c2ccccc2N(C(=O)CCC(=O)O)Cc2ccccc21. The van der Waals surface area contributed by atoms with Crippen LogP contribution in [0.1, 0.15) is 42.9 Å². The second kappa shape index (κ2) is 7.34. The van der Waals surface area contributed by atoms with Gasteiger partial charge in [0.05, 0.1) is 18.7 Å². The molecule has 1 heterocycles. The smallest absolute Gasteiger partial charge is 0.303 e. The first-order valence-corrected chi connectivity index (χ1v) is 8.50. The first-order chi connectivity index (χ1) is 12.1. The van der Waals surface area contributed by atoms with Crippen molar-refractivity contribution in [3.63, 3.8) is 0 Å². The Morgan fingerprint density at radius 3 is 2.52 bits per heavy atom. The van der Waals surface area contributed by atoms with E-state index in [2.05, 4.69) is 19.1 Å². The molecule has 128 valence electrons. The summed E-state index contributed by atoms with van der Waals surface area (Å²) < 4.78 is 0. The predicted molar refractivity (Wildman–Crippen MR) is 99.1 cm³/mol.